The molecule has 0 radical (unpaired) electrons. The first-order chi connectivity index (χ1) is 5.43. The third kappa shape index (κ3) is 5.18. The van der Waals surface area contributed by atoms with E-state index in [4.69, 9.17) is 9.57 Å². The average Bonchev–Trinajstić information content (AvgIpc) is 2.11. The molecule has 1 heterocycles. The Hall–Kier alpha value is -0.120. The zero-order chi connectivity index (χ0) is 8.53. The summed E-state index contributed by atoms with van der Waals surface area (Å²) in [6, 6.07) is 0. The van der Waals surface area contributed by atoms with E-state index in [1.165, 1.54) is 12.8 Å². The fourth-order valence-electron chi connectivity index (χ4n) is 0.936. The molecule has 1 unspecified atom stereocenters. The Morgan fingerprint density at radius 3 is 2.55 bits per heavy atom. The minimum absolute atomic E-state index is 0.0104. The Balaban J connectivity index is 0.000000461. The molecule has 11 heavy (non-hydrogen) atoms. The molecule has 0 bridgehead atoms. The van der Waals surface area contributed by atoms with E-state index in [0.717, 1.165) is 13.0 Å². The zero-order valence-electron chi connectivity index (χ0n) is 7.72. The first-order valence-electron chi connectivity index (χ1n) is 4.37. The first-order valence-corrected chi connectivity index (χ1v) is 4.37. The normalized spacial score (nSPS) is 23.7. The second-order valence-corrected chi connectivity index (χ2v) is 2.12. The van der Waals surface area contributed by atoms with Gasteiger partial charge in [0.15, 0.2) is 6.29 Å². The van der Waals surface area contributed by atoms with Gasteiger partial charge >= 0.3 is 0 Å². The lowest BCUT2D eigenvalue weighted by molar-refractivity contribution is -0.191. The second-order valence-electron chi connectivity index (χ2n) is 2.12. The van der Waals surface area contributed by atoms with Gasteiger partial charge in [-0.15, -0.1) is 0 Å². The summed E-state index contributed by atoms with van der Waals surface area (Å²) in [5, 5.41) is 0. The van der Waals surface area contributed by atoms with Crippen molar-refractivity contribution in [2.75, 3.05) is 13.7 Å². The van der Waals surface area contributed by atoms with Gasteiger partial charge < -0.3 is 4.74 Å². The molecule has 0 aromatic rings. The summed E-state index contributed by atoms with van der Waals surface area (Å²) in [5.41, 5.74) is 2.61. The summed E-state index contributed by atoms with van der Waals surface area (Å²) in [5.74, 6) is 0. The van der Waals surface area contributed by atoms with Crippen molar-refractivity contribution < 1.29 is 9.57 Å². The highest BCUT2D eigenvalue weighted by molar-refractivity contribution is 4.52. The molecule has 0 aromatic carbocycles. The lowest BCUT2D eigenvalue weighted by atomic mass is 10.2. The highest BCUT2D eigenvalue weighted by atomic mass is 16.8. The van der Waals surface area contributed by atoms with Gasteiger partial charge in [-0.05, 0) is 12.8 Å². The minimum Gasteiger partial charge on any atom is -0.351 e. The number of hydrogen-bond donors (Lipinski definition) is 1. The topological polar surface area (TPSA) is 30.5 Å². The molecule has 68 valence electrons. The van der Waals surface area contributed by atoms with Crippen LogP contribution in [-0.2, 0) is 9.57 Å². The number of ether oxygens (including phenoxy) is 1. The molecular formula is C8H19NO2. The number of rotatable bonds is 2. The van der Waals surface area contributed by atoms with Crippen molar-refractivity contribution in [3.05, 3.63) is 0 Å². The Morgan fingerprint density at radius 1 is 1.36 bits per heavy atom. The number of hydroxylamine groups is 1. The molecule has 0 amide bonds. The zero-order valence-corrected chi connectivity index (χ0v) is 7.72. The van der Waals surface area contributed by atoms with E-state index < -0.39 is 0 Å². The average molecular weight is 161 g/mol. The van der Waals surface area contributed by atoms with Gasteiger partial charge in [0.05, 0.1) is 0 Å². The van der Waals surface area contributed by atoms with E-state index in [-0.39, 0.29) is 6.29 Å². The molecule has 1 N–H and O–H groups in total. The molecule has 3 heteroatoms. The molecule has 1 saturated heterocycles. The third-order valence-corrected chi connectivity index (χ3v) is 1.39. The van der Waals surface area contributed by atoms with Crippen LogP contribution in [0, 0.1) is 0 Å². The van der Waals surface area contributed by atoms with Gasteiger partial charge in [-0.2, -0.15) is 0 Å². The maximum atomic E-state index is 5.23. The molecule has 1 atom stereocenters. The largest absolute Gasteiger partial charge is 0.351 e. The van der Waals surface area contributed by atoms with Gasteiger partial charge in [0, 0.05) is 20.1 Å². The van der Waals surface area contributed by atoms with Crippen molar-refractivity contribution >= 4 is 0 Å². The molecule has 0 spiro atoms. The van der Waals surface area contributed by atoms with Gasteiger partial charge in [-0.3, -0.25) is 4.84 Å². The highest BCUT2D eigenvalue weighted by Gasteiger charge is 2.12. The molecule has 3 nitrogen and oxygen atoms in total. The van der Waals surface area contributed by atoms with Crippen LogP contribution in [-0.4, -0.2) is 19.9 Å². The van der Waals surface area contributed by atoms with Crippen molar-refractivity contribution in [2.24, 2.45) is 0 Å². The summed E-state index contributed by atoms with van der Waals surface area (Å²) in [7, 11) is 1.75. The Labute approximate surface area is 69.0 Å². The van der Waals surface area contributed by atoms with Crippen LogP contribution in [0.15, 0.2) is 0 Å². The van der Waals surface area contributed by atoms with E-state index in [1.807, 2.05) is 13.8 Å². The van der Waals surface area contributed by atoms with Crippen molar-refractivity contribution in [1.82, 2.24) is 5.48 Å². The second kappa shape index (κ2) is 7.98. The quantitative estimate of drug-likeness (QED) is 0.625. The number of nitrogens with one attached hydrogen (secondary N) is 1. The van der Waals surface area contributed by atoms with Crippen molar-refractivity contribution in [2.45, 2.75) is 39.4 Å². The van der Waals surface area contributed by atoms with Crippen LogP contribution >= 0.6 is 0 Å². The summed E-state index contributed by atoms with van der Waals surface area (Å²) in [6.45, 7) is 4.84. The minimum atomic E-state index is -0.0104. The molecule has 1 aliphatic rings. The van der Waals surface area contributed by atoms with Crippen LogP contribution in [0.5, 0.6) is 0 Å². The Morgan fingerprint density at radius 2 is 2.09 bits per heavy atom. The summed E-state index contributed by atoms with van der Waals surface area (Å²) < 4.78 is 5.23. The molecule has 1 aliphatic heterocycles. The van der Waals surface area contributed by atoms with E-state index in [9.17, 15) is 0 Å². The van der Waals surface area contributed by atoms with Crippen molar-refractivity contribution in [3.63, 3.8) is 0 Å². The molecule has 0 aliphatic carbocycles. The van der Waals surface area contributed by atoms with Gasteiger partial charge in [-0.1, -0.05) is 13.8 Å². The van der Waals surface area contributed by atoms with Crippen molar-refractivity contribution in [3.8, 4) is 0 Å². The third-order valence-electron chi connectivity index (χ3n) is 1.39. The summed E-state index contributed by atoms with van der Waals surface area (Å²) in [6.07, 6.45) is 3.39. The van der Waals surface area contributed by atoms with Crippen LogP contribution < -0.4 is 5.48 Å². The van der Waals surface area contributed by atoms with Crippen LogP contribution in [0.4, 0.5) is 0 Å². The standard InChI is InChI=1S/C6H13NO2.C2H6/c1-7-9-6-4-2-3-5-8-6;1-2/h6-7H,2-5H2,1H3;1-2H3. The predicted octanol–water partition coefficient (Wildman–Crippen LogP) is 1.69. The van der Waals surface area contributed by atoms with Crippen LogP contribution in [0.2, 0.25) is 0 Å². The van der Waals surface area contributed by atoms with Gasteiger partial charge in [0.25, 0.3) is 0 Å². The van der Waals surface area contributed by atoms with Crippen molar-refractivity contribution in [1.29, 1.82) is 0 Å². The fraction of sp³-hybridized carbons (Fsp3) is 1.00. The van der Waals surface area contributed by atoms with Gasteiger partial charge in [-0.25, -0.2) is 5.48 Å². The monoisotopic (exact) mass is 161 g/mol. The van der Waals surface area contributed by atoms with E-state index in [0.29, 0.717) is 0 Å². The van der Waals surface area contributed by atoms with Crippen LogP contribution in [0.1, 0.15) is 33.1 Å². The first kappa shape index (κ1) is 10.9. The summed E-state index contributed by atoms with van der Waals surface area (Å²) in [4.78, 5) is 5.01. The number of hydrogen-bond acceptors (Lipinski definition) is 3. The SMILES string of the molecule is CC.CNOC1CCCCO1. The molecule has 1 rings (SSSR count). The fourth-order valence-corrected chi connectivity index (χ4v) is 0.936. The molecule has 1 fully saturated rings. The van der Waals surface area contributed by atoms with E-state index in [2.05, 4.69) is 5.48 Å². The maximum absolute atomic E-state index is 5.23. The maximum Gasteiger partial charge on any atom is 0.177 e. The smallest absolute Gasteiger partial charge is 0.177 e. The molecule has 0 saturated carbocycles. The lowest BCUT2D eigenvalue weighted by Gasteiger charge is -2.21. The molecular weight excluding hydrogens is 142 g/mol. The lowest BCUT2D eigenvalue weighted by Crippen LogP contribution is -2.27. The van der Waals surface area contributed by atoms with Crippen LogP contribution in [0.25, 0.3) is 0 Å². The highest BCUT2D eigenvalue weighted by Crippen LogP contribution is 2.11. The van der Waals surface area contributed by atoms with Gasteiger partial charge in [0.1, 0.15) is 0 Å². The van der Waals surface area contributed by atoms with E-state index >= 15 is 0 Å². The molecule has 0 aromatic heterocycles. The van der Waals surface area contributed by atoms with Gasteiger partial charge in [0.2, 0.25) is 0 Å². The Kier molecular flexibility index (Phi) is 7.89. The van der Waals surface area contributed by atoms with E-state index in [1.54, 1.807) is 7.05 Å². The van der Waals surface area contributed by atoms with Crippen LogP contribution in [0.3, 0.4) is 0 Å². The summed E-state index contributed by atoms with van der Waals surface area (Å²) >= 11 is 0. The predicted molar refractivity (Wildman–Crippen MR) is 45.1 cm³/mol. The Bertz CT molecular complexity index is 69.7.